The van der Waals surface area contributed by atoms with E-state index in [4.69, 9.17) is 9.47 Å². The number of nitrogens with zero attached hydrogens (tertiary/aromatic N) is 1. The minimum absolute atomic E-state index is 0.0197. The number of hydrogen-bond donors (Lipinski definition) is 1. The van der Waals surface area contributed by atoms with Crippen LogP contribution in [0.5, 0.6) is 11.5 Å². The maximum atomic E-state index is 15.0. The average molecular weight is 492 g/mol. The molecule has 0 bridgehead atoms. The largest absolute Gasteiger partial charge is 0.573 e. The molecular formula is C20H20F4N2O6S. The minimum atomic E-state index is -4.86. The van der Waals surface area contributed by atoms with Crippen LogP contribution in [0, 0.1) is 0 Å². The summed E-state index contributed by atoms with van der Waals surface area (Å²) in [5.41, 5.74) is 0.0534. The van der Waals surface area contributed by atoms with Crippen LogP contribution in [-0.4, -0.2) is 51.2 Å². The van der Waals surface area contributed by atoms with Gasteiger partial charge in [0.25, 0.3) is 5.85 Å². The first-order valence-corrected chi connectivity index (χ1v) is 11.0. The number of halogens is 4. The lowest BCUT2D eigenvalue weighted by Gasteiger charge is -2.34. The van der Waals surface area contributed by atoms with Gasteiger partial charge in [-0.25, -0.2) is 13.2 Å². The second kappa shape index (κ2) is 9.43. The molecule has 1 amide bonds. The Morgan fingerprint density at radius 1 is 1.00 bits per heavy atom. The van der Waals surface area contributed by atoms with E-state index in [9.17, 15) is 30.8 Å². The number of carbonyl (C=O) groups excluding carboxylic acids is 1. The molecule has 0 atom stereocenters. The van der Waals surface area contributed by atoms with E-state index < -0.39 is 46.9 Å². The highest BCUT2D eigenvalue weighted by Gasteiger charge is 2.41. The van der Waals surface area contributed by atoms with E-state index in [1.54, 1.807) is 0 Å². The lowest BCUT2D eigenvalue weighted by Crippen LogP contribution is -2.47. The predicted octanol–water partition coefficient (Wildman–Crippen LogP) is 4.29. The number of ether oxygens (including phenoxy) is 3. The van der Waals surface area contributed by atoms with E-state index in [2.05, 4.69) is 10.1 Å². The molecule has 1 N–H and O–H groups in total. The third-order valence-corrected chi connectivity index (χ3v) is 6.69. The molecule has 1 fully saturated rings. The highest BCUT2D eigenvalue weighted by Crippen LogP contribution is 2.32. The summed E-state index contributed by atoms with van der Waals surface area (Å²) in [5, 5.41) is 2.20. The zero-order valence-electron chi connectivity index (χ0n) is 17.3. The van der Waals surface area contributed by atoms with Crippen LogP contribution in [-0.2, 0) is 14.8 Å². The van der Waals surface area contributed by atoms with Gasteiger partial charge in [-0.2, -0.15) is 8.70 Å². The van der Waals surface area contributed by atoms with Crippen LogP contribution < -0.4 is 14.8 Å². The van der Waals surface area contributed by atoms with Gasteiger partial charge in [-0.05, 0) is 48.5 Å². The molecule has 1 heterocycles. The zero-order valence-corrected chi connectivity index (χ0v) is 18.1. The van der Waals surface area contributed by atoms with Gasteiger partial charge >= 0.3 is 12.5 Å². The molecule has 0 unspecified atom stereocenters. The standard InChI is InChI=1S/C20H20F4N2O6S/c1-30-15-6-8-17(9-7-15)33(28,29)26-12-10-19(21,11-13-26)32-18(27)25-14-2-4-16(5-3-14)31-20(22,23)24/h2-9H,10-13H2,1H3,(H,25,27). The molecule has 2 aromatic rings. The molecule has 0 spiro atoms. The molecule has 3 rings (SSSR count). The smallest absolute Gasteiger partial charge is 0.497 e. The van der Waals surface area contributed by atoms with Crippen LogP contribution >= 0.6 is 0 Å². The van der Waals surface area contributed by atoms with Crippen molar-refractivity contribution in [3.05, 3.63) is 48.5 Å². The van der Waals surface area contributed by atoms with E-state index in [-0.39, 0.29) is 23.7 Å². The zero-order chi connectivity index (χ0) is 24.3. The molecule has 0 saturated carbocycles. The van der Waals surface area contributed by atoms with Crippen molar-refractivity contribution in [3.63, 3.8) is 0 Å². The van der Waals surface area contributed by atoms with Gasteiger partial charge in [0.2, 0.25) is 10.0 Å². The molecule has 0 aliphatic carbocycles. The molecule has 0 radical (unpaired) electrons. The van der Waals surface area contributed by atoms with Crippen molar-refractivity contribution in [2.75, 3.05) is 25.5 Å². The molecule has 13 heteroatoms. The van der Waals surface area contributed by atoms with Crippen molar-refractivity contribution in [2.24, 2.45) is 0 Å². The fraction of sp³-hybridized carbons (Fsp3) is 0.350. The van der Waals surface area contributed by atoms with Gasteiger partial charge in [0.05, 0.1) is 12.0 Å². The maximum Gasteiger partial charge on any atom is 0.573 e. The fourth-order valence-corrected chi connectivity index (χ4v) is 4.55. The Labute approximate surface area is 187 Å². The first kappa shape index (κ1) is 24.6. The first-order chi connectivity index (χ1) is 15.4. The number of hydrogen-bond acceptors (Lipinski definition) is 6. The van der Waals surface area contributed by atoms with Crippen molar-refractivity contribution in [3.8, 4) is 11.5 Å². The molecule has 0 aromatic heterocycles. The Morgan fingerprint density at radius 3 is 2.06 bits per heavy atom. The molecule has 33 heavy (non-hydrogen) atoms. The molecule has 1 saturated heterocycles. The van der Waals surface area contributed by atoms with Crippen LogP contribution in [0.15, 0.2) is 53.4 Å². The van der Waals surface area contributed by atoms with E-state index >= 15 is 0 Å². The summed E-state index contributed by atoms with van der Waals surface area (Å²) in [4.78, 5) is 12.1. The Hall–Kier alpha value is -3.06. The molecule has 2 aromatic carbocycles. The van der Waals surface area contributed by atoms with Crippen LogP contribution in [0.1, 0.15) is 12.8 Å². The lowest BCUT2D eigenvalue weighted by atomic mass is 10.1. The Kier molecular flexibility index (Phi) is 7.03. The summed E-state index contributed by atoms with van der Waals surface area (Å²) in [7, 11) is -2.42. The molecular weight excluding hydrogens is 472 g/mol. The second-order valence-electron chi connectivity index (χ2n) is 7.05. The quantitative estimate of drug-likeness (QED) is 0.605. The number of methoxy groups -OCH3 is 1. The van der Waals surface area contributed by atoms with E-state index in [0.717, 1.165) is 28.6 Å². The van der Waals surface area contributed by atoms with E-state index in [1.807, 2.05) is 0 Å². The van der Waals surface area contributed by atoms with Crippen LogP contribution in [0.4, 0.5) is 28.0 Å². The number of anilines is 1. The number of nitrogens with one attached hydrogen (secondary N) is 1. The predicted molar refractivity (Wildman–Crippen MR) is 108 cm³/mol. The number of alkyl halides is 4. The van der Waals surface area contributed by atoms with Gasteiger partial charge in [0.15, 0.2) is 0 Å². The Morgan fingerprint density at radius 2 is 1.55 bits per heavy atom. The van der Waals surface area contributed by atoms with E-state index in [1.165, 1.54) is 31.4 Å². The summed E-state index contributed by atoms with van der Waals surface area (Å²) in [6.07, 6.45) is -6.82. The Balaban J connectivity index is 1.55. The van der Waals surface area contributed by atoms with Gasteiger partial charge in [-0.3, -0.25) is 5.32 Å². The molecule has 180 valence electrons. The van der Waals surface area contributed by atoms with Gasteiger partial charge in [0.1, 0.15) is 11.5 Å². The van der Waals surface area contributed by atoms with Crippen LogP contribution in [0.25, 0.3) is 0 Å². The summed E-state index contributed by atoms with van der Waals surface area (Å²) < 4.78 is 91.6. The summed E-state index contributed by atoms with van der Waals surface area (Å²) in [6, 6.07) is 9.92. The molecule has 1 aliphatic rings. The third kappa shape index (κ3) is 6.48. The Bertz CT molecular complexity index is 1070. The summed E-state index contributed by atoms with van der Waals surface area (Å²) in [6.45, 7) is -0.441. The fourth-order valence-electron chi connectivity index (χ4n) is 3.11. The average Bonchev–Trinajstić information content (AvgIpc) is 2.74. The third-order valence-electron chi connectivity index (χ3n) is 4.78. The highest BCUT2D eigenvalue weighted by molar-refractivity contribution is 7.89. The number of carbonyl (C=O) groups is 1. The van der Waals surface area contributed by atoms with Crippen LogP contribution in [0.3, 0.4) is 0 Å². The number of rotatable bonds is 6. The van der Waals surface area contributed by atoms with Gasteiger partial charge in [-0.1, -0.05) is 0 Å². The number of piperidine rings is 1. The summed E-state index contributed by atoms with van der Waals surface area (Å²) in [5.74, 6) is -2.42. The molecule has 8 nitrogen and oxygen atoms in total. The normalized spacial score (nSPS) is 16.6. The van der Waals surface area contributed by atoms with E-state index in [0.29, 0.717) is 5.75 Å². The number of sulfonamides is 1. The first-order valence-electron chi connectivity index (χ1n) is 9.59. The number of amides is 1. The SMILES string of the molecule is COc1ccc(S(=O)(=O)N2CCC(F)(OC(=O)Nc3ccc(OC(F)(F)F)cc3)CC2)cc1. The van der Waals surface area contributed by atoms with Crippen LogP contribution in [0.2, 0.25) is 0 Å². The van der Waals surface area contributed by atoms with Gasteiger partial charge < -0.3 is 14.2 Å². The highest BCUT2D eigenvalue weighted by atomic mass is 32.2. The number of benzene rings is 2. The van der Waals surface area contributed by atoms with Crippen molar-refractivity contribution >= 4 is 21.8 Å². The lowest BCUT2D eigenvalue weighted by molar-refractivity contribution is -0.274. The summed E-state index contributed by atoms with van der Waals surface area (Å²) >= 11 is 0. The maximum absolute atomic E-state index is 15.0. The van der Waals surface area contributed by atoms with Crippen molar-refractivity contribution in [2.45, 2.75) is 30.0 Å². The van der Waals surface area contributed by atoms with Crippen molar-refractivity contribution in [1.82, 2.24) is 4.31 Å². The second-order valence-corrected chi connectivity index (χ2v) is 8.99. The van der Waals surface area contributed by atoms with Gasteiger partial charge in [0, 0.05) is 31.6 Å². The van der Waals surface area contributed by atoms with Gasteiger partial charge in [-0.15, -0.1) is 13.2 Å². The molecule has 1 aliphatic heterocycles. The van der Waals surface area contributed by atoms with Crippen molar-refractivity contribution < 1.29 is 45.0 Å². The topological polar surface area (TPSA) is 94.2 Å². The van der Waals surface area contributed by atoms with Crippen molar-refractivity contribution in [1.29, 1.82) is 0 Å². The monoisotopic (exact) mass is 492 g/mol. The minimum Gasteiger partial charge on any atom is -0.497 e.